The molecule has 2 N–H and O–H groups in total. The molecule has 1 radical (unpaired) electrons. The van der Waals surface area contributed by atoms with Gasteiger partial charge < -0.3 is 10.2 Å². The van der Waals surface area contributed by atoms with Gasteiger partial charge in [-0.2, -0.15) is 0 Å². The lowest BCUT2D eigenvalue weighted by Gasteiger charge is -2.26. The van der Waals surface area contributed by atoms with Gasteiger partial charge in [-0.25, -0.2) is 0 Å². The fourth-order valence-electron chi connectivity index (χ4n) is 1.65. The molecule has 0 aromatic heterocycles. The van der Waals surface area contributed by atoms with Crippen molar-refractivity contribution in [2.45, 2.75) is 38.2 Å². The molecule has 0 saturated heterocycles. The highest BCUT2D eigenvalue weighted by molar-refractivity contribution is 5.66. The smallest absolute Gasteiger partial charge is 0.303 e. The number of aliphatic carboxylic acids is 1. The minimum atomic E-state index is -0.767. The normalized spacial score (nSPS) is 30.1. The van der Waals surface area contributed by atoms with E-state index in [4.69, 9.17) is 5.11 Å². The molecule has 0 heterocycles. The lowest BCUT2D eigenvalue weighted by Crippen LogP contribution is -2.25. The number of hydrogen-bond acceptors (Lipinski definition) is 2. The van der Waals surface area contributed by atoms with Crippen LogP contribution in [0.2, 0.25) is 0 Å². The average molecular weight is 171 g/mol. The predicted octanol–water partition coefficient (Wildman–Crippen LogP) is 1.22. The van der Waals surface area contributed by atoms with Crippen LogP contribution in [-0.2, 0) is 4.79 Å². The van der Waals surface area contributed by atoms with Gasteiger partial charge in [-0.05, 0) is 38.0 Å². The van der Waals surface area contributed by atoms with Gasteiger partial charge >= 0.3 is 5.97 Å². The lowest BCUT2D eigenvalue weighted by molar-refractivity contribution is -0.137. The van der Waals surface area contributed by atoms with E-state index in [1.54, 1.807) is 0 Å². The van der Waals surface area contributed by atoms with Gasteiger partial charge in [0, 0.05) is 6.42 Å². The molecule has 3 nitrogen and oxygen atoms in total. The zero-order valence-electron chi connectivity index (χ0n) is 7.07. The summed E-state index contributed by atoms with van der Waals surface area (Å²) in [5.74, 6) is -0.567. The molecule has 0 aromatic rings. The fourth-order valence-corrected chi connectivity index (χ4v) is 1.65. The second-order valence-corrected chi connectivity index (χ2v) is 3.36. The Balaban J connectivity index is 2.24. The van der Waals surface area contributed by atoms with E-state index in [0.29, 0.717) is 6.42 Å². The number of carboxylic acids is 1. The van der Waals surface area contributed by atoms with Crippen LogP contribution in [0.5, 0.6) is 0 Å². The van der Waals surface area contributed by atoms with Gasteiger partial charge in [0.2, 0.25) is 0 Å². The molecule has 1 aliphatic rings. The van der Waals surface area contributed by atoms with E-state index in [0.717, 1.165) is 19.3 Å². The second-order valence-electron chi connectivity index (χ2n) is 3.36. The number of rotatable bonds is 3. The fraction of sp³-hybridized carbons (Fsp3) is 0.778. The molecule has 12 heavy (non-hydrogen) atoms. The van der Waals surface area contributed by atoms with E-state index in [1.165, 1.54) is 0 Å². The molecule has 1 fully saturated rings. The van der Waals surface area contributed by atoms with Crippen LogP contribution in [-0.4, -0.2) is 22.3 Å². The van der Waals surface area contributed by atoms with Gasteiger partial charge in [0.05, 0.1) is 6.10 Å². The van der Waals surface area contributed by atoms with E-state index in [-0.39, 0.29) is 18.4 Å². The Kier molecular flexibility index (Phi) is 3.53. The lowest BCUT2D eigenvalue weighted by atomic mass is 9.84. The van der Waals surface area contributed by atoms with Crippen LogP contribution in [0.1, 0.15) is 32.1 Å². The summed E-state index contributed by atoms with van der Waals surface area (Å²) in [6.07, 6.45) is 5.24. The van der Waals surface area contributed by atoms with Crippen molar-refractivity contribution in [3.8, 4) is 0 Å². The summed E-state index contributed by atoms with van der Waals surface area (Å²) in [5.41, 5.74) is 0. The molecule has 0 spiro atoms. The van der Waals surface area contributed by atoms with Gasteiger partial charge in [0.1, 0.15) is 0 Å². The predicted molar refractivity (Wildman–Crippen MR) is 44.5 cm³/mol. The summed E-state index contributed by atoms with van der Waals surface area (Å²) in [7, 11) is 0. The van der Waals surface area contributed by atoms with Gasteiger partial charge in [0.15, 0.2) is 0 Å². The molecule has 2 atom stereocenters. The van der Waals surface area contributed by atoms with Crippen molar-refractivity contribution in [3.05, 3.63) is 6.42 Å². The Hall–Kier alpha value is -0.570. The topological polar surface area (TPSA) is 57.5 Å². The minimum Gasteiger partial charge on any atom is -0.481 e. The first-order valence-electron chi connectivity index (χ1n) is 4.41. The van der Waals surface area contributed by atoms with Gasteiger partial charge in [-0.1, -0.05) is 0 Å². The maximum absolute atomic E-state index is 10.3. The quantitative estimate of drug-likeness (QED) is 0.671. The zero-order chi connectivity index (χ0) is 8.97. The van der Waals surface area contributed by atoms with E-state index >= 15 is 0 Å². The van der Waals surface area contributed by atoms with Crippen LogP contribution in [0.15, 0.2) is 0 Å². The van der Waals surface area contributed by atoms with E-state index in [1.807, 2.05) is 0 Å². The molecule has 0 bridgehead atoms. The van der Waals surface area contributed by atoms with Crippen molar-refractivity contribution in [2.75, 3.05) is 0 Å². The second kappa shape index (κ2) is 4.45. The van der Waals surface area contributed by atoms with Gasteiger partial charge in [-0.3, -0.25) is 4.79 Å². The third-order valence-electron chi connectivity index (χ3n) is 2.42. The highest BCUT2D eigenvalue weighted by Crippen LogP contribution is 2.27. The number of hydrogen-bond donors (Lipinski definition) is 2. The van der Waals surface area contributed by atoms with Crippen molar-refractivity contribution in [3.63, 3.8) is 0 Å². The van der Waals surface area contributed by atoms with Gasteiger partial charge in [0.25, 0.3) is 0 Å². The first kappa shape index (κ1) is 9.52. The summed E-state index contributed by atoms with van der Waals surface area (Å²) >= 11 is 0. The number of carboxylic acid groups (broad SMARTS) is 1. The molecular formula is C9H15O3. The summed E-state index contributed by atoms with van der Waals surface area (Å²) in [5, 5.41) is 17.9. The van der Waals surface area contributed by atoms with Crippen LogP contribution in [0.25, 0.3) is 0 Å². The number of aliphatic hydroxyl groups excluding tert-OH is 1. The monoisotopic (exact) mass is 171 g/mol. The Bertz CT molecular complexity index is 156. The van der Waals surface area contributed by atoms with Crippen LogP contribution in [0, 0.1) is 12.3 Å². The molecule has 0 amide bonds. The minimum absolute atomic E-state index is 0.182. The van der Waals surface area contributed by atoms with Crippen molar-refractivity contribution in [1.29, 1.82) is 0 Å². The third-order valence-corrected chi connectivity index (χ3v) is 2.42. The summed E-state index contributed by atoms with van der Waals surface area (Å²) in [4.78, 5) is 10.3. The SMILES string of the molecule is O=C(O)CCC1CC[CH]CC1O. The number of carbonyl (C=O) groups is 1. The largest absolute Gasteiger partial charge is 0.481 e. The molecule has 1 rings (SSSR count). The molecule has 0 aromatic carbocycles. The molecule has 1 saturated carbocycles. The van der Waals surface area contributed by atoms with E-state index < -0.39 is 5.97 Å². The van der Waals surface area contributed by atoms with Crippen LogP contribution < -0.4 is 0 Å². The summed E-state index contributed by atoms with van der Waals surface area (Å²) in [6, 6.07) is 0. The first-order valence-corrected chi connectivity index (χ1v) is 4.41. The Morgan fingerprint density at radius 1 is 1.58 bits per heavy atom. The van der Waals surface area contributed by atoms with Crippen molar-refractivity contribution >= 4 is 5.97 Å². The Labute approximate surface area is 72.4 Å². The Morgan fingerprint density at radius 2 is 2.33 bits per heavy atom. The van der Waals surface area contributed by atoms with Crippen LogP contribution in [0.3, 0.4) is 0 Å². The average Bonchev–Trinajstić information content (AvgIpc) is 2.03. The molecule has 1 aliphatic carbocycles. The zero-order valence-corrected chi connectivity index (χ0v) is 7.07. The molecule has 2 unspecified atom stereocenters. The van der Waals surface area contributed by atoms with Crippen LogP contribution >= 0.6 is 0 Å². The maximum atomic E-state index is 10.3. The van der Waals surface area contributed by atoms with Gasteiger partial charge in [-0.15, -0.1) is 0 Å². The summed E-state index contributed by atoms with van der Waals surface area (Å²) < 4.78 is 0. The third kappa shape index (κ3) is 2.81. The van der Waals surface area contributed by atoms with Crippen LogP contribution in [0.4, 0.5) is 0 Å². The Morgan fingerprint density at radius 3 is 2.92 bits per heavy atom. The molecule has 69 valence electrons. The van der Waals surface area contributed by atoms with Crippen molar-refractivity contribution in [2.24, 2.45) is 5.92 Å². The highest BCUT2D eigenvalue weighted by Gasteiger charge is 2.23. The highest BCUT2D eigenvalue weighted by atomic mass is 16.4. The molecule has 0 aliphatic heterocycles. The van der Waals surface area contributed by atoms with Crippen molar-refractivity contribution < 1.29 is 15.0 Å². The van der Waals surface area contributed by atoms with E-state index in [9.17, 15) is 9.90 Å². The van der Waals surface area contributed by atoms with Crippen molar-refractivity contribution in [1.82, 2.24) is 0 Å². The molecule has 3 heteroatoms. The van der Waals surface area contributed by atoms with E-state index in [2.05, 4.69) is 6.42 Å². The molecular weight excluding hydrogens is 156 g/mol. The standard InChI is InChI=1S/C9H15O3/c10-8-4-2-1-3-7(8)5-6-9(11)12/h2,7-8,10H,1,3-6H2,(H,11,12). The number of aliphatic hydroxyl groups is 1. The summed E-state index contributed by atoms with van der Waals surface area (Å²) in [6.45, 7) is 0. The first-order chi connectivity index (χ1) is 5.70. The maximum Gasteiger partial charge on any atom is 0.303 e.